The molecule has 0 bridgehead atoms. The molecule has 1 aliphatic rings. The maximum atomic E-state index is 12.8. The van der Waals surface area contributed by atoms with Crippen LogP contribution in [0.15, 0.2) is 0 Å². The predicted octanol–water partition coefficient (Wildman–Crippen LogP) is 0.372. The van der Waals surface area contributed by atoms with E-state index >= 15 is 0 Å². The highest BCUT2D eigenvalue weighted by Crippen LogP contribution is 2.22. The van der Waals surface area contributed by atoms with Gasteiger partial charge in [0.15, 0.2) is 21.2 Å². The molecule has 1 unspecified atom stereocenters. The molecule has 0 aromatic carbocycles. The third-order valence-corrected chi connectivity index (χ3v) is 8.28. The van der Waals surface area contributed by atoms with Gasteiger partial charge in [0, 0.05) is 13.0 Å². The third-order valence-electron chi connectivity index (χ3n) is 4.50. The molecule has 0 radical (unpaired) electrons. The minimum Gasteiger partial charge on any atom is -0.368 e. The Morgan fingerprint density at radius 1 is 1.30 bits per heavy atom. The van der Waals surface area contributed by atoms with Gasteiger partial charge in [0.25, 0.3) is 0 Å². The molecule has 2 amide bonds. The van der Waals surface area contributed by atoms with Crippen molar-refractivity contribution in [3.63, 3.8) is 0 Å². The van der Waals surface area contributed by atoms with Crippen molar-refractivity contribution in [2.24, 2.45) is 11.5 Å². The Labute approximate surface area is 169 Å². The van der Waals surface area contributed by atoms with E-state index in [-0.39, 0.29) is 24.6 Å². The van der Waals surface area contributed by atoms with E-state index in [2.05, 4.69) is 0 Å². The maximum Gasteiger partial charge on any atom is 0.246 e. The lowest BCUT2D eigenvalue weighted by Crippen LogP contribution is -2.63. The molecule has 27 heavy (non-hydrogen) atoms. The van der Waals surface area contributed by atoms with E-state index in [9.17, 15) is 22.8 Å². The average Bonchev–Trinajstić information content (AvgIpc) is 2.90. The minimum atomic E-state index is -3.81. The van der Waals surface area contributed by atoms with Crippen LogP contribution in [0.1, 0.15) is 46.0 Å². The number of hydrogen-bond donors (Lipinski definition) is 2. The van der Waals surface area contributed by atoms with Crippen molar-refractivity contribution < 1.29 is 22.8 Å². The summed E-state index contributed by atoms with van der Waals surface area (Å²) in [5, 5.41) is -0.674. The standard InChI is InChI=1S/C16H27N3O5S3/c1-3-5-11(6-4-2)27(23,24)10-16(18,14(17)22)12(20)7-8-19-13(21)9-26-15(19)25/h11H,3-10,18H2,1-2H3,(H2,17,22). The first-order valence-electron chi connectivity index (χ1n) is 8.80. The number of Topliss-reactive ketones (excluding diaryl/α,β-unsaturated/α-hetero) is 1. The van der Waals surface area contributed by atoms with Crippen LogP contribution in [-0.2, 0) is 24.2 Å². The van der Waals surface area contributed by atoms with Crippen molar-refractivity contribution in [3.05, 3.63) is 0 Å². The number of carbonyl (C=O) groups excluding carboxylic acids is 3. The van der Waals surface area contributed by atoms with Crippen LogP contribution in [0, 0.1) is 0 Å². The number of thiocarbonyl (C=S) groups is 1. The number of primary amides is 1. The summed E-state index contributed by atoms with van der Waals surface area (Å²) in [4.78, 5) is 37.5. The molecule has 154 valence electrons. The van der Waals surface area contributed by atoms with Crippen molar-refractivity contribution in [3.8, 4) is 0 Å². The Morgan fingerprint density at radius 2 is 1.85 bits per heavy atom. The van der Waals surface area contributed by atoms with Gasteiger partial charge in [-0.2, -0.15) is 0 Å². The average molecular weight is 438 g/mol. The van der Waals surface area contributed by atoms with Crippen LogP contribution < -0.4 is 11.5 Å². The summed E-state index contributed by atoms with van der Waals surface area (Å²) in [6.45, 7) is 3.67. The van der Waals surface area contributed by atoms with E-state index < -0.39 is 38.1 Å². The normalized spacial score (nSPS) is 17.4. The lowest BCUT2D eigenvalue weighted by atomic mass is 9.94. The molecule has 0 aliphatic carbocycles. The number of sulfone groups is 1. The van der Waals surface area contributed by atoms with Crippen molar-refractivity contribution >= 4 is 55.7 Å². The van der Waals surface area contributed by atoms with Crippen molar-refractivity contribution in [1.29, 1.82) is 0 Å². The fraction of sp³-hybridized carbons (Fsp3) is 0.750. The van der Waals surface area contributed by atoms with Gasteiger partial charge in [0.1, 0.15) is 4.32 Å². The van der Waals surface area contributed by atoms with Gasteiger partial charge >= 0.3 is 0 Å². The summed E-state index contributed by atoms with van der Waals surface area (Å²) >= 11 is 6.21. The number of nitrogens with two attached hydrogens (primary N) is 2. The van der Waals surface area contributed by atoms with E-state index in [0.29, 0.717) is 30.0 Å². The van der Waals surface area contributed by atoms with Crippen LogP contribution in [-0.4, -0.2) is 64.1 Å². The van der Waals surface area contributed by atoms with Crippen LogP contribution in [0.25, 0.3) is 0 Å². The number of amides is 2. The molecule has 0 spiro atoms. The number of thioether (sulfide) groups is 1. The monoisotopic (exact) mass is 437 g/mol. The summed E-state index contributed by atoms with van der Waals surface area (Å²) in [5.41, 5.74) is 8.89. The Bertz CT molecular complexity index is 688. The van der Waals surface area contributed by atoms with Crippen LogP contribution in [0.2, 0.25) is 0 Å². The van der Waals surface area contributed by atoms with Gasteiger partial charge in [-0.25, -0.2) is 8.42 Å². The molecule has 8 nitrogen and oxygen atoms in total. The second-order valence-corrected chi connectivity index (χ2v) is 10.5. The molecule has 1 saturated heterocycles. The quantitative estimate of drug-likeness (QED) is 0.330. The number of nitrogens with zero attached hydrogens (tertiary/aromatic N) is 1. The molecule has 1 heterocycles. The number of rotatable bonds is 12. The molecule has 1 atom stereocenters. The van der Waals surface area contributed by atoms with Gasteiger partial charge in [-0.1, -0.05) is 50.7 Å². The summed E-state index contributed by atoms with van der Waals surface area (Å²) < 4.78 is 25.9. The molecule has 4 N–H and O–H groups in total. The van der Waals surface area contributed by atoms with E-state index in [4.69, 9.17) is 23.7 Å². The van der Waals surface area contributed by atoms with E-state index in [1.54, 1.807) is 0 Å². The Kier molecular flexibility index (Phi) is 8.84. The molecular formula is C16H27N3O5S3. The lowest BCUT2D eigenvalue weighted by Gasteiger charge is -2.27. The number of ketones is 1. The SMILES string of the molecule is CCCC(CCC)S(=O)(=O)CC(N)(C(N)=O)C(=O)CCN1C(=O)CSC1=S. The first-order chi connectivity index (χ1) is 12.5. The fourth-order valence-corrected chi connectivity index (χ4v) is 6.39. The molecule has 1 aliphatic heterocycles. The molecule has 0 saturated carbocycles. The summed E-state index contributed by atoms with van der Waals surface area (Å²) in [5.74, 6) is -2.87. The fourth-order valence-electron chi connectivity index (χ4n) is 2.91. The van der Waals surface area contributed by atoms with Crippen LogP contribution >= 0.6 is 24.0 Å². The van der Waals surface area contributed by atoms with Gasteiger partial charge in [-0.3, -0.25) is 19.3 Å². The van der Waals surface area contributed by atoms with Gasteiger partial charge in [-0.05, 0) is 12.8 Å². The molecular weight excluding hydrogens is 410 g/mol. The minimum absolute atomic E-state index is 0.0525. The van der Waals surface area contributed by atoms with Gasteiger partial charge in [0.05, 0.1) is 16.8 Å². The van der Waals surface area contributed by atoms with Crippen molar-refractivity contribution in [2.45, 2.75) is 56.7 Å². The predicted molar refractivity (Wildman–Crippen MR) is 110 cm³/mol. The number of hydrogen-bond acceptors (Lipinski definition) is 8. The van der Waals surface area contributed by atoms with Crippen molar-refractivity contribution in [2.75, 3.05) is 18.1 Å². The zero-order valence-electron chi connectivity index (χ0n) is 15.6. The van der Waals surface area contributed by atoms with Gasteiger partial charge < -0.3 is 11.5 Å². The molecule has 0 aromatic rings. The lowest BCUT2D eigenvalue weighted by molar-refractivity contribution is -0.133. The third kappa shape index (κ3) is 5.97. The van der Waals surface area contributed by atoms with Crippen LogP contribution in [0.4, 0.5) is 0 Å². The molecule has 1 fully saturated rings. The highest BCUT2D eigenvalue weighted by molar-refractivity contribution is 8.23. The van der Waals surface area contributed by atoms with E-state index in [0.717, 1.165) is 0 Å². The molecule has 1 rings (SSSR count). The van der Waals surface area contributed by atoms with Crippen LogP contribution in [0.5, 0.6) is 0 Å². The Balaban J connectivity index is 2.95. The summed E-state index contributed by atoms with van der Waals surface area (Å²) in [7, 11) is -3.81. The van der Waals surface area contributed by atoms with E-state index in [1.807, 2.05) is 13.8 Å². The van der Waals surface area contributed by atoms with Crippen LogP contribution in [0.3, 0.4) is 0 Å². The first kappa shape index (κ1) is 24.0. The zero-order chi connectivity index (χ0) is 20.8. The second kappa shape index (κ2) is 9.94. The highest BCUT2D eigenvalue weighted by Gasteiger charge is 2.45. The first-order valence-corrected chi connectivity index (χ1v) is 11.9. The Hall–Kier alpha value is -1.04. The van der Waals surface area contributed by atoms with Gasteiger partial charge in [0.2, 0.25) is 11.8 Å². The molecule has 0 aromatic heterocycles. The maximum absolute atomic E-state index is 12.8. The summed E-state index contributed by atoms with van der Waals surface area (Å²) in [6.07, 6.45) is 1.85. The smallest absolute Gasteiger partial charge is 0.246 e. The Morgan fingerprint density at radius 3 is 2.26 bits per heavy atom. The topological polar surface area (TPSA) is 141 Å². The zero-order valence-corrected chi connectivity index (χ0v) is 18.1. The molecule has 11 heteroatoms. The number of carbonyl (C=O) groups is 3. The second-order valence-electron chi connectivity index (χ2n) is 6.62. The largest absolute Gasteiger partial charge is 0.368 e. The van der Waals surface area contributed by atoms with Crippen molar-refractivity contribution in [1.82, 2.24) is 4.90 Å². The highest BCUT2D eigenvalue weighted by atomic mass is 32.2. The summed E-state index contributed by atoms with van der Waals surface area (Å²) in [6, 6.07) is 0. The van der Waals surface area contributed by atoms with E-state index in [1.165, 1.54) is 16.7 Å². The van der Waals surface area contributed by atoms with Gasteiger partial charge in [-0.15, -0.1) is 0 Å².